The molecule has 0 aliphatic rings. The van der Waals surface area contributed by atoms with Gasteiger partial charge in [0.05, 0.1) is 12.3 Å². The average Bonchev–Trinajstić information content (AvgIpc) is 3.10. The van der Waals surface area contributed by atoms with Gasteiger partial charge in [0.1, 0.15) is 0 Å². The first kappa shape index (κ1) is 62.6. The Labute approximate surface area is 351 Å². The first-order valence-electron chi connectivity index (χ1n) is 22.9. The van der Waals surface area contributed by atoms with E-state index in [-0.39, 0.29) is 31.2 Å². The molecule has 0 fully saturated rings. The molecule has 0 aromatic heterocycles. The molecular weight excluding hydrogens is 715 g/mol. The van der Waals surface area contributed by atoms with Crippen LogP contribution in [-0.2, 0) is 9.59 Å². The van der Waals surface area contributed by atoms with Crippen LogP contribution in [0.25, 0.3) is 0 Å². The lowest BCUT2D eigenvalue weighted by molar-refractivity contribution is -0.148. The van der Waals surface area contributed by atoms with Crippen LogP contribution in [0.5, 0.6) is 0 Å². The van der Waals surface area contributed by atoms with Crippen molar-refractivity contribution in [2.24, 2.45) is 5.92 Å². The molecule has 54 heavy (non-hydrogen) atoms. The van der Waals surface area contributed by atoms with Gasteiger partial charge in [0, 0.05) is 0 Å². The Morgan fingerprint density at radius 3 is 0.722 bits per heavy atom. The molecule has 0 saturated carbocycles. The van der Waals surface area contributed by atoms with E-state index < -0.39 is 17.9 Å². The molecule has 6 nitrogen and oxygen atoms in total. The molecule has 0 spiro atoms. The molecule has 0 rings (SSSR count). The Morgan fingerprint density at radius 2 is 0.593 bits per heavy atom. The highest BCUT2D eigenvalue weighted by atomic mass is 35.5. The molecule has 0 bridgehead atoms. The summed E-state index contributed by atoms with van der Waals surface area (Å²) in [4.78, 5) is 24.8. The van der Waals surface area contributed by atoms with Gasteiger partial charge in [-0.3, -0.25) is 9.59 Å². The molecule has 8 heteroatoms. The molecular formula is C46H98Cl2N2O4. The van der Waals surface area contributed by atoms with E-state index in [0.717, 1.165) is 0 Å². The highest BCUT2D eigenvalue weighted by Crippen LogP contribution is 2.15. The van der Waals surface area contributed by atoms with Crippen LogP contribution in [0.15, 0.2) is 0 Å². The zero-order chi connectivity index (χ0) is 39.3. The molecule has 0 aliphatic carbocycles. The van der Waals surface area contributed by atoms with Crippen LogP contribution in [0.4, 0.5) is 0 Å². The Balaban J connectivity index is -0.000000231. The van der Waals surface area contributed by atoms with Crippen LogP contribution in [0.2, 0.25) is 0 Å². The fraction of sp³-hybridized carbons (Fsp3) is 0.957. The Bertz CT molecular complexity index is 658. The fourth-order valence-corrected chi connectivity index (χ4v) is 6.57. The number of rotatable bonds is 38. The second kappa shape index (κ2) is 54.5. The first-order valence-corrected chi connectivity index (χ1v) is 22.9. The number of carbonyl (C=O) groups is 2. The van der Waals surface area contributed by atoms with Gasteiger partial charge in [-0.1, -0.05) is 213 Å². The van der Waals surface area contributed by atoms with E-state index in [2.05, 4.69) is 51.8 Å². The number of unbranched alkanes of at least 4 members (excludes halogenated alkanes) is 30. The van der Waals surface area contributed by atoms with E-state index in [1.807, 2.05) is 0 Å². The van der Waals surface area contributed by atoms with Crippen molar-refractivity contribution in [2.45, 2.75) is 239 Å². The molecule has 2 N–H and O–H groups in total. The van der Waals surface area contributed by atoms with Crippen molar-refractivity contribution in [3.05, 3.63) is 0 Å². The highest BCUT2D eigenvalue weighted by Gasteiger charge is 2.17. The van der Waals surface area contributed by atoms with Crippen LogP contribution < -0.4 is 0 Å². The van der Waals surface area contributed by atoms with E-state index >= 15 is 0 Å². The number of carboxylic acid groups (broad SMARTS) is 2. The summed E-state index contributed by atoms with van der Waals surface area (Å²) in [5.41, 5.74) is 0. The van der Waals surface area contributed by atoms with Crippen molar-refractivity contribution in [2.75, 3.05) is 41.3 Å². The lowest BCUT2D eigenvalue weighted by Gasteiger charge is -2.08. The number of aliphatic carboxylic acids is 2. The maximum atomic E-state index is 10.2. The van der Waals surface area contributed by atoms with Crippen molar-refractivity contribution in [3.63, 3.8) is 0 Å². The van der Waals surface area contributed by atoms with Crippen molar-refractivity contribution < 1.29 is 19.8 Å². The number of hydrogen-bond acceptors (Lipinski definition) is 4. The molecule has 0 saturated heterocycles. The Hall–Kier alpha value is -0.560. The van der Waals surface area contributed by atoms with Crippen molar-refractivity contribution >= 4 is 36.8 Å². The van der Waals surface area contributed by atoms with Crippen molar-refractivity contribution in [1.29, 1.82) is 0 Å². The molecule has 1 atom stereocenters. The molecule has 330 valence electrons. The minimum Gasteiger partial charge on any atom is -0.481 e. The van der Waals surface area contributed by atoms with E-state index in [1.54, 1.807) is 6.92 Å². The number of halogens is 2. The first-order chi connectivity index (χ1) is 25.1. The molecule has 0 radical (unpaired) electrons. The SMILES string of the molecule is CCC(CC(=O)O)C(=O)O.CCCCCCCCCCCCCCCCCCN(C)C.CCCCCCCCCCCCCCCCCCN(C)C.Cl.Cl. The zero-order valence-electron chi connectivity index (χ0n) is 37.5. The normalized spacial score (nSPS) is 11.2. The summed E-state index contributed by atoms with van der Waals surface area (Å²) >= 11 is 0. The van der Waals surface area contributed by atoms with E-state index in [9.17, 15) is 9.59 Å². The van der Waals surface area contributed by atoms with Gasteiger partial charge >= 0.3 is 11.9 Å². The van der Waals surface area contributed by atoms with E-state index in [4.69, 9.17) is 10.2 Å². The standard InChI is InChI=1S/2C20H43N.C6H10O4.2ClH/c2*1-4-5-6-7-8-9-10-11-12-13-14-15-16-17-18-19-20-21(2)3;1-2-4(6(9)10)3-5(7)8;;/h2*4-20H2,1-3H3;4H,2-3H2,1H3,(H,7,8)(H,9,10);2*1H. The lowest BCUT2D eigenvalue weighted by Crippen LogP contribution is -2.16. The van der Waals surface area contributed by atoms with Gasteiger partial charge in [-0.15, -0.1) is 24.8 Å². The van der Waals surface area contributed by atoms with Crippen molar-refractivity contribution in [3.8, 4) is 0 Å². The minimum atomic E-state index is -1.06. The third kappa shape index (κ3) is 63.4. The molecule has 0 aromatic rings. The van der Waals surface area contributed by atoms with E-state index in [0.29, 0.717) is 6.42 Å². The summed E-state index contributed by atoms with van der Waals surface area (Å²) in [6, 6.07) is 0. The Morgan fingerprint density at radius 1 is 0.389 bits per heavy atom. The van der Waals surface area contributed by atoms with Crippen LogP contribution in [0.1, 0.15) is 239 Å². The third-order valence-electron chi connectivity index (χ3n) is 10.2. The minimum absolute atomic E-state index is 0. The average molecular weight is 814 g/mol. The van der Waals surface area contributed by atoms with Gasteiger partial charge < -0.3 is 20.0 Å². The van der Waals surface area contributed by atoms with Crippen LogP contribution in [0.3, 0.4) is 0 Å². The second-order valence-electron chi connectivity index (χ2n) is 16.3. The largest absolute Gasteiger partial charge is 0.481 e. The maximum absolute atomic E-state index is 10.2. The van der Waals surface area contributed by atoms with Gasteiger partial charge in [0.2, 0.25) is 0 Å². The monoisotopic (exact) mass is 813 g/mol. The van der Waals surface area contributed by atoms with Crippen molar-refractivity contribution in [1.82, 2.24) is 9.80 Å². The van der Waals surface area contributed by atoms with Crippen LogP contribution in [0, 0.1) is 5.92 Å². The Kier molecular flexibility index (Phi) is 63.3. The van der Waals surface area contributed by atoms with Gasteiger partial charge in [-0.25, -0.2) is 0 Å². The van der Waals surface area contributed by atoms with Gasteiger partial charge in [0.15, 0.2) is 0 Å². The summed E-state index contributed by atoms with van der Waals surface area (Å²) in [6.45, 7) is 8.77. The number of carboxylic acids is 2. The molecule has 0 aromatic carbocycles. The lowest BCUT2D eigenvalue weighted by atomic mass is 10.0. The van der Waals surface area contributed by atoms with Gasteiger partial charge in [0.25, 0.3) is 0 Å². The molecule has 1 unspecified atom stereocenters. The predicted octanol–water partition coefficient (Wildman–Crippen LogP) is 15.0. The maximum Gasteiger partial charge on any atom is 0.307 e. The van der Waals surface area contributed by atoms with Crippen LogP contribution in [-0.4, -0.2) is 73.2 Å². The van der Waals surface area contributed by atoms with Gasteiger partial charge in [-0.05, 0) is 60.5 Å². The summed E-state index contributed by atoms with van der Waals surface area (Å²) < 4.78 is 0. The third-order valence-corrected chi connectivity index (χ3v) is 10.2. The number of hydrogen-bond donors (Lipinski definition) is 2. The highest BCUT2D eigenvalue weighted by molar-refractivity contribution is 5.85. The fourth-order valence-electron chi connectivity index (χ4n) is 6.57. The van der Waals surface area contributed by atoms with E-state index in [1.165, 1.54) is 219 Å². The molecule has 0 aliphatic heterocycles. The predicted molar refractivity (Wildman–Crippen MR) is 244 cm³/mol. The molecule has 0 heterocycles. The van der Waals surface area contributed by atoms with Gasteiger partial charge in [-0.2, -0.15) is 0 Å². The molecule has 0 amide bonds. The topological polar surface area (TPSA) is 81.1 Å². The summed E-state index contributed by atoms with van der Waals surface area (Å²) in [5, 5.41) is 16.6. The smallest absolute Gasteiger partial charge is 0.307 e. The summed E-state index contributed by atoms with van der Waals surface area (Å²) in [5.74, 6) is -2.84. The second-order valence-corrected chi connectivity index (χ2v) is 16.3. The summed E-state index contributed by atoms with van der Waals surface area (Å²) in [6.07, 6.45) is 46.7. The zero-order valence-corrected chi connectivity index (χ0v) is 39.1. The van der Waals surface area contributed by atoms with Crippen LogP contribution >= 0.6 is 24.8 Å². The summed E-state index contributed by atoms with van der Waals surface area (Å²) in [7, 11) is 8.69. The quantitative estimate of drug-likeness (QED) is 0.0604. The number of nitrogens with zero attached hydrogens (tertiary/aromatic N) is 2.